The van der Waals surface area contributed by atoms with Crippen molar-refractivity contribution in [1.29, 1.82) is 0 Å². The zero-order chi connectivity index (χ0) is 13.3. The monoisotopic (exact) mass is 245 g/mol. The van der Waals surface area contributed by atoms with E-state index in [1.165, 1.54) is 7.11 Å². The fourth-order valence-electron chi connectivity index (χ4n) is 1.21. The number of alkyl carbamates (subject to hydrolysis) is 1. The summed E-state index contributed by atoms with van der Waals surface area (Å²) in [6, 6.07) is -0.610. The third-order valence-electron chi connectivity index (χ3n) is 2.17. The van der Waals surface area contributed by atoms with Gasteiger partial charge in [-0.3, -0.25) is 0 Å². The highest BCUT2D eigenvalue weighted by molar-refractivity contribution is 5.81. The molecule has 0 rings (SSSR count). The third-order valence-corrected chi connectivity index (χ3v) is 2.17. The first-order valence-electron chi connectivity index (χ1n) is 6.02. The Morgan fingerprint density at radius 3 is 2.41 bits per heavy atom. The third kappa shape index (κ3) is 7.60. The first kappa shape index (κ1) is 15.7. The van der Waals surface area contributed by atoms with Gasteiger partial charge in [0.2, 0.25) is 0 Å². The Morgan fingerprint density at radius 2 is 1.94 bits per heavy atom. The van der Waals surface area contributed by atoms with Crippen LogP contribution in [0.15, 0.2) is 0 Å². The van der Waals surface area contributed by atoms with Crippen molar-refractivity contribution in [3.05, 3.63) is 0 Å². The van der Waals surface area contributed by atoms with E-state index in [4.69, 9.17) is 4.74 Å². The SMILES string of the molecule is CCCCC(NC(=O)OC)C(=O)OCC(C)C. The second-order valence-corrected chi connectivity index (χ2v) is 4.35. The van der Waals surface area contributed by atoms with Crippen LogP contribution in [0.3, 0.4) is 0 Å². The van der Waals surface area contributed by atoms with E-state index >= 15 is 0 Å². The number of carbonyl (C=O) groups excluding carboxylic acids is 2. The highest BCUT2D eigenvalue weighted by Crippen LogP contribution is 2.04. The lowest BCUT2D eigenvalue weighted by Gasteiger charge is -2.17. The Morgan fingerprint density at radius 1 is 1.29 bits per heavy atom. The molecule has 0 heterocycles. The van der Waals surface area contributed by atoms with E-state index in [2.05, 4.69) is 10.1 Å². The number of esters is 1. The van der Waals surface area contributed by atoms with Gasteiger partial charge in [0.25, 0.3) is 0 Å². The molecule has 0 aromatic heterocycles. The minimum Gasteiger partial charge on any atom is -0.464 e. The molecular weight excluding hydrogens is 222 g/mol. The summed E-state index contributed by atoms with van der Waals surface area (Å²) < 4.78 is 9.58. The van der Waals surface area contributed by atoms with Crippen LogP contribution in [0.1, 0.15) is 40.0 Å². The summed E-state index contributed by atoms with van der Waals surface area (Å²) in [4.78, 5) is 22.8. The van der Waals surface area contributed by atoms with Crippen molar-refractivity contribution in [2.75, 3.05) is 13.7 Å². The van der Waals surface area contributed by atoms with Gasteiger partial charge in [0.05, 0.1) is 13.7 Å². The molecular formula is C12H23NO4. The molecule has 0 spiro atoms. The first-order chi connectivity index (χ1) is 8.01. The summed E-state index contributed by atoms with van der Waals surface area (Å²) in [5.74, 6) is -0.110. The predicted molar refractivity (Wildman–Crippen MR) is 64.7 cm³/mol. The molecule has 0 saturated carbocycles. The van der Waals surface area contributed by atoms with Crippen LogP contribution in [0.25, 0.3) is 0 Å². The van der Waals surface area contributed by atoms with Gasteiger partial charge in [-0.1, -0.05) is 33.6 Å². The molecule has 1 N–H and O–H groups in total. The van der Waals surface area contributed by atoms with Crippen molar-refractivity contribution in [3.8, 4) is 0 Å². The van der Waals surface area contributed by atoms with Gasteiger partial charge in [-0.25, -0.2) is 9.59 Å². The number of unbranched alkanes of at least 4 members (excludes halogenated alkanes) is 1. The number of ether oxygens (including phenoxy) is 2. The van der Waals surface area contributed by atoms with Crippen LogP contribution in [0.2, 0.25) is 0 Å². The topological polar surface area (TPSA) is 64.6 Å². The van der Waals surface area contributed by atoms with Crippen LogP contribution < -0.4 is 5.32 Å². The van der Waals surface area contributed by atoms with Gasteiger partial charge >= 0.3 is 12.1 Å². The average Bonchev–Trinajstić information content (AvgIpc) is 2.30. The second-order valence-electron chi connectivity index (χ2n) is 4.35. The fraction of sp³-hybridized carbons (Fsp3) is 0.833. The van der Waals surface area contributed by atoms with Crippen LogP contribution in [-0.2, 0) is 14.3 Å². The minimum absolute atomic E-state index is 0.281. The normalized spacial score (nSPS) is 12.1. The number of carbonyl (C=O) groups is 2. The van der Waals surface area contributed by atoms with Crippen LogP contribution in [0.4, 0.5) is 4.79 Å². The number of amides is 1. The molecule has 0 aliphatic heterocycles. The molecule has 17 heavy (non-hydrogen) atoms. The molecule has 0 fully saturated rings. The lowest BCUT2D eigenvalue weighted by Crippen LogP contribution is -2.42. The van der Waals surface area contributed by atoms with Crippen molar-refractivity contribution in [1.82, 2.24) is 5.32 Å². The van der Waals surface area contributed by atoms with Crippen LogP contribution >= 0.6 is 0 Å². The summed E-state index contributed by atoms with van der Waals surface area (Å²) in [6.45, 7) is 6.31. The van der Waals surface area contributed by atoms with Gasteiger partial charge in [0.1, 0.15) is 6.04 Å². The van der Waals surface area contributed by atoms with Crippen LogP contribution in [0.5, 0.6) is 0 Å². The molecule has 1 unspecified atom stereocenters. The molecule has 0 aliphatic rings. The summed E-state index contributed by atoms with van der Waals surface area (Å²) in [6.07, 6.45) is 1.78. The number of rotatable bonds is 7. The van der Waals surface area contributed by atoms with Crippen molar-refractivity contribution in [2.24, 2.45) is 5.92 Å². The van der Waals surface area contributed by atoms with E-state index in [1.807, 2.05) is 20.8 Å². The highest BCUT2D eigenvalue weighted by Gasteiger charge is 2.22. The molecule has 5 nitrogen and oxygen atoms in total. The number of hydrogen-bond acceptors (Lipinski definition) is 4. The molecule has 0 bridgehead atoms. The smallest absolute Gasteiger partial charge is 0.407 e. The Bertz CT molecular complexity index is 241. The van der Waals surface area contributed by atoms with E-state index in [0.717, 1.165) is 12.8 Å². The number of nitrogens with one attached hydrogen (secondary N) is 1. The van der Waals surface area contributed by atoms with Gasteiger partial charge in [0.15, 0.2) is 0 Å². The Hall–Kier alpha value is -1.26. The minimum atomic E-state index is -0.610. The number of hydrogen-bond donors (Lipinski definition) is 1. The highest BCUT2D eigenvalue weighted by atomic mass is 16.5. The zero-order valence-corrected chi connectivity index (χ0v) is 11.1. The maximum absolute atomic E-state index is 11.7. The molecule has 5 heteroatoms. The zero-order valence-electron chi connectivity index (χ0n) is 11.1. The lowest BCUT2D eigenvalue weighted by atomic mass is 10.1. The van der Waals surface area contributed by atoms with E-state index in [1.54, 1.807) is 0 Å². The van der Waals surface area contributed by atoms with E-state index in [9.17, 15) is 9.59 Å². The maximum atomic E-state index is 11.7. The lowest BCUT2D eigenvalue weighted by molar-refractivity contribution is -0.147. The number of methoxy groups -OCH3 is 1. The Labute approximate surface area is 103 Å². The van der Waals surface area contributed by atoms with Crippen molar-refractivity contribution in [3.63, 3.8) is 0 Å². The van der Waals surface area contributed by atoms with Gasteiger partial charge in [-0.2, -0.15) is 0 Å². The molecule has 0 aromatic rings. The fourth-order valence-corrected chi connectivity index (χ4v) is 1.21. The first-order valence-corrected chi connectivity index (χ1v) is 6.02. The maximum Gasteiger partial charge on any atom is 0.407 e. The van der Waals surface area contributed by atoms with Gasteiger partial charge in [0, 0.05) is 0 Å². The molecule has 0 radical (unpaired) electrons. The second kappa shape index (κ2) is 8.84. The molecule has 1 amide bonds. The van der Waals surface area contributed by atoms with Gasteiger partial charge in [-0.05, 0) is 12.3 Å². The molecule has 0 saturated heterocycles. The standard InChI is InChI=1S/C12H23NO4/c1-5-6-7-10(13-12(15)16-4)11(14)17-8-9(2)3/h9-10H,5-8H2,1-4H3,(H,13,15). The Balaban J connectivity index is 4.23. The largest absolute Gasteiger partial charge is 0.464 e. The quantitative estimate of drug-likeness (QED) is 0.698. The molecule has 1 atom stereocenters. The summed E-state index contributed by atoms with van der Waals surface area (Å²) >= 11 is 0. The van der Waals surface area contributed by atoms with Crippen molar-refractivity contribution >= 4 is 12.1 Å². The summed E-state index contributed by atoms with van der Waals surface area (Å²) in [5, 5.41) is 2.49. The Kier molecular flexibility index (Phi) is 8.19. The molecule has 0 aliphatic carbocycles. The predicted octanol–water partition coefficient (Wildman–Crippen LogP) is 2.10. The summed E-state index contributed by atoms with van der Waals surface area (Å²) in [7, 11) is 1.27. The average molecular weight is 245 g/mol. The summed E-state index contributed by atoms with van der Waals surface area (Å²) in [5.41, 5.74) is 0. The van der Waals surface area contributed by atoms with Gasteiger partial charge < -0.3 is 14.8 Å². The van der Waals surface area contributed by atoms with Crippen LogP contribution in [0, 0.1) is 5.92 Å². The van der Waals surface area contributed by atoms with E-state index in [0.29, 0.717) is 13.0 Å². The molecule has 100 valence electrons. The van der Waals surface area contributed by atoms with Crippen molar-refractivity contribution in [2.45, 2.75) is 46.1 Å². The molecule has 0 aromatic carbocycles. The van der Waals surface area contributed by atoms with E-state index in [-0.39, 0.29) is 5.92 Å². The van der Waals surface area contributed by atoms with Gasteiger partial charge in [-0.15, -0.1) is 0 Å². The van der Waals surface area contributed by atoms with Crippen molar-refractivity contribution < 1.29 is 19.1 Å². The van der Waals surface area contributed by atoms with E-state index < -0.39 is 18.1 Å². The van der Waals surface area contributed by atoms with Crippen LogP contribution in [-0.4, -0.2) is 31.8 Å².